The number of hydrogen-bond acceptors (Lipinski definition) is 5. The summed E-state index contributed by atoms with van der Waals surface area (Å²) in [7, 11) is 0. The van der Waals surface area contributed by atoms with Gasteiger partial charge in [-0.25, -0.2) is 4.79 Å². The van der Waals surface area contributed by atoms with Crippen molar-refractivity contribution in [1.82, 2.24) is 4.90 Å². The molecule has 6 nitrogen and oxygen atoms in total. The number of likely N-dealkylation sites (tertiary alicyclic amines) is 1. The highest BCUT2D eigenvalue weighted by Gasteiger charge is 2.50. The molecule has 1 saturated heterocycles. The molecule has 1 aromatic heterocycles. The van der Waals surface area contributed by atoms with Crippen molar-refractivity contribution in [2.75, 3.05) is 6.54 Å². The number of hydrogen-bond donors (Lipinski definition) is 1. The fourth-order valence-corrected chi connectivity index (χ4v) is 7.34. The van der Waals surface area contributed by atoms with Crippen molar-refractivity contribution in [3.05, 3.63) is 110 Å². The van der Waals surface area contributed by atoms with Crippen LogP contribution in [-0.2, 0) is 11.2 Å². The van der Waals surface area contributed by atoms with Crippen molar-refractivity contribution < 1.29 is 19.1 Å². The van der Waals surface area contributed by atoms with E-state index in [1.807, 2.05) is 85.5 Å². The van der Waals surface area contributed by atoms with Gasteiger partial charge < -0.3 is 19.2 Å². The number of aryl methyl sites for hydroxylation is 2. The lowest BCUT2D eigenvalue weighted by Gasteiger charge is -2.53. The Kier molecular flexibility index (Phi) is 8.10. The van der Waals surface area contributed by atoms with Crippen LogP contribution in [0.25, 0.3) is 11.0 Å². The molecule has 6 rings (SSSR count). The number of rotatable bonds is 6. The van der Waals surface area contributed by atoms with Crippen molar-refractivity contribution >= 4 is 28.5 Å². The van der Waals surface area contributed by atoms with Gasteiger partial charge >= 0.3 is 5.63 Å². The molecular formula is C36H38ClNO5. The van der Waals surface area contributed by atoms with E-state index >= 15 is 0 Å². The third-order valence-electron chi connectivity index (χ3n) is 9.42. The van der Waals surface area contributed by atoms with E-state index in [0.29, 0.717) is 46.7 Å². The minimum absolute atomic E-state index is 0.0656. The van der Waals surface area contributed by atoms with Crippen LogP contribution >= 0.6 is 11.6 Å². The standard InChI is InChI=1S/C36H38ClNO5/c1-22-19-30(32-23(2)28(35(40)43-31(32)20-22)21-25-9-5-4-6-10-25)42-24(3)34(39)38-18-17-36(41)16-8-7-11-29(36)33(38)26-12-14-27(37)15-13-26/h4-6,9-10,12-15,19-20,24,29,33,41H,7-8,11,16-18,21H2,1-3H3/t24?,29-,33-,36-/m0/s1. The van der Waals surface area contributed by atoms with Gasteiger partial charge in [-0.05, 0) is 86.6 Å². The molecule has 2 aliphatic rings. The number of benzene rings is 3. The molecule has 0 spiro atoms. The highest BCUT2D eigenvalue weighted by Crippen LogP contribution is 2.49. The Labute approximate surface area is 257 Å². The predicted octanol–water partition coefficient (Wildman–Crippen LogP) is 7.32. The highest BCUT2D eigenvalue weighted by molar-refractivity contribution is 6.30. The Morgan fingerprint density at radius 3 is 2.58 bits per heavy atom. The van der Waals surface area contributed by atoms with Crippen LogP contribution in [0, 0.1) is 19.8 Å². The van der Waals surface area contributed by atoms with E-state index in [1.165, 1.54) is 0 Å². The first-order valence-electron chi connectivity index (χ1n) is 15.2. The number of carbonyl (C=O) groups excluding carboxylic acids is 1. The third kappa shape index (κ3) is 5.71. The number of aliphatic hydroxyl groups is 1. The zero-order chi connectivity index (χ0) is 30.3. The van der Waals surface area contributed by atoms with Gasteiger partial charge in [0, 0.05) is 29.5 Å². The molecule has 4 aromatic rings. The second-order valence-electron chi connectivity index (χ2n) is 12.3. The smallest absolute Gasteiger partial charge is 0.340 e. The summed E-state index contributed by atoms with van der Waals surface area (Å²) in [5.74, 6) is 0.312. The molecule has 1 aliphatic carbocycles. The minimum atomic E-state index is -0.807. The van der Waals surface area contributed by atoms with Crippen molar-refractivity contribution in [2.45, 2.75) is 77.0 Å². The molecule has 43 heavy (non-hydrogen) atoms. The molecule has 224 valence electrons. The van der Waals surface area contributed by atoms with Crippen LogP contribution in [0.5, 0.6) is 5.75 Å². The molecule has 4 atom stereocenters. The summed E-state index contributed by atoms with van der Waals surface area (Å²) in [6.07, 6.45) is 3.80. The number of piperidine rings is 1. The molecule has 1 amide bonds. The average Bonchev–Trinajstić information content (AvgIpc) is 2.98. The summed E-state index contributed by atoms with van der Waals surface area (Å²) in [6, 6.07) is 20.9. The van der Waals surface area contributed by atoms with Crippen LogP contribution in [0.15, 0.2) is 75.9 Å². The molecule has 0 radical (unpaired) electrons. The highest BCUT2D eigenvalue weighted by atomic mass is 35.5. The molecule has 1 N–H and O–H groups in total. The van der Waals surface area contributed by atoms with Gasteiger partial charge in [-0.1, -0.05) is 66.9 Å². The Morgan fingerprint density at radius 1 is 1.09 bits per heavy atom. The van der Waals surface area contributed by atoms with E-state index < -0.39 is 11.7 Å². The molecule has 3 aromatic carbocycles. The van der Waals surface area contributed by atoms with Gasteiger partial charge in [0.1, 0.15) is 11.3 Å². The van der Waals surface area contributed by atoms with E-state index in [9.17, 15) is 14.7 Å². The largest absolute Gasteiger partial charge is 0.480 e. The zero-order valence-corrected chi connectivity index (χ0v) is 25.7. The fraction of sp³-hybridized carbons (Fsp3) is 0.389. The maximum absolute atomic E-state index is 14.2. The van der Waals surface area contributed by atoms with E-state index in [2.05, 4.69) is 0 Å². The van der Waals surface area contributed by atoms with E-state index in [1.54, 1.807) is 6.92 Å². The zero-order valence-electron chi connectivity index (χ0n) is 24.9. The normalized spacial score (nSPS) is 22.7. The Hall–Kier alpha value is -3.61. The van der Waals surface area contributed by atoms with E-state index in [0.717, 1.165) is 47.9 Å². The van der Waals surface area contributed by atoms with Gasteiger partial charge in [-0.3, -0.25) is 4.79 Å². The first-order chi connectivity index (χ1) is 20.6. The summed E-state index contributed by atoms with van der Waals surface area (Å²) >= 11 is 6.22. The average molecular weight is 600 g/mol. The van der Waals surface area contributed by atoms with Gasteiger partial charge in [-0.2, -0.15) is 0 Å². The second kappa shape index (κ2) is 11.8. The van der Waals surface area contributed by atoms with Crippen molar-refractivity contribution in [1.29, 1.82) is 0 Å². The van der Waals surface area contributed by atoms with Crippen LogP contribution in [0.2, 0.25) is 5.02 Å². The first-order valence-corrected chi connectivity index (χ1v) is 15.6. The predicted molar refractivity (Wildman–Crippen MR) is 169 cm³/mol. The summed E-state index contributed by atoms with van der Waals surface area (Å²) in [6.45, 7) is 6.04. The lowest BCUT2D eigenvalue weighted by molar-refractivity contribution is -0.161. The maximum Gasteiger partial charge on any atom is 0.340 e. The molecule has 1 aliphatic heterocycles. The number of amides is 1. The molecule has 2 heterocycles. The number of ether oxygens (including phenoxy) is 1. The summed E-state index contributed by atoms with van der Waals surface area (Å²) in [4.78, 5) is 29.2. The molecule has 2 fully saturated rings. The molecule has 1 saturated carbocycles. The number of carbonyl (C=O) groups is 1. The lowest BCUT2D eigenvalue weighted by atomic mass is 9.66. The number of nitrogens with zero attached hydrogens (tertiary/aromatic N) is 1. The Morgan fingerprint density at radius 2 is 1.84 bits per heavy atom. The van der Waals surface area contributed by atoms with E-state index in [4.69, 9.17) is 20.8 Å². The van der Waals surface area contributed by atoms with Crippen LogP contribution in [0.3, 0.4) is 0 Å². The van der Waals surface area contributed by atoms with Crippen molar-refractivity contribution in [3.8, 4) is 5.75 Å². The molecule has 7 heteroatoms. The topological polar surface area (TPSA) is 80.0 Å². The van der Waals surface area contributed by atoms with Gasteiger partial charge in [0.2, 0.25) is 0 Å². The number of halogens is 1. The van der Waals surface area contributed by atoms with Gasteiger partial charge in [0.15, 0.2) is 6.10 Å². The minimum Gasteiger partial charge on any atom is -0.480 e. The Bertz CT molecular complexity index is 1700. The van der Waals surface area contributed by atoms with Gasteiger partial charge in [0.05, 0.1) is 17.0 Å². The van der Waals surface area contributed by atoms with Crippen LogP contribution in [-0.4, -0.2) is 34.2 Å². The first kappa shape index (κ1) is 29.5. The summed E-state index contributed by atoms with van der Waals surface area (Å²) in [5, 5.41) is 13.0. The number of fused-ring (bicyclic) bond motifs is 2. The molecule has 0 bridgehead atoms. The van der Waals surface area contributed by atoms with Gasteiger partial charge in [-0.15, -0.1) is 0 Å². The van der Waals surface area contributed by atoms with Crippen LogP contribution in [0.4, 0.5) is 0 Å². The summed E-state index contributed by atoms with van der Waals surface area (Å²) in [5.41, 5.74) is 3.49. The SMILES string of the molecule is Cc1cc(OC(C)C(=O)N2CC[C@@]3(O)CCCC[C@H]3[C@@H]2c2ccc(Cl)cc2)c2c(C)c(Cc3ccccc3)c(=O)oc2c1. The monoisotopic (exact) mass is 599 g/mol. The van der Waals surface area contributed by atoms with Crippen LogP contribution < -0.4 is 10.4 Å². The van der Waals surface area contributed by atoms with Gasteiger partial charge in [0.25, 0.3) is 5.91 Å². The molecular weight excluding hydrogens is 562 g/mol. The quantitative estimate of drug-likeness (QED) is 0.235. The van der Waals surface area contributed by atoms with Crippen LogP contribution in [0.1, 0.15) is 72.9 Å². The molecule has 1 unspecified atom stereocenters. The van der Waals surface area contributed by atoms with Crippen molar-refractivity contribution in [2.24, 2.45) is 5.92 Å². The Balaban J connectivity index is 1.34. The summed E-state index contributed by atoms with van der Waals surface area (Å²) < 4.78 is 12.3. The second-order valence-corrected chi connectivity index (χ2v) is 12.7. The lowest BCUT2D eigenvalue weighted by Crippen LogP contribution is -2.58. The fourth-order valence-electron chi connectivity index (χ4n) is 7.21. The van der Waals surface area contributed by atoms with E-state index in [-0.39, 0.29) is 23.5 Å². The maximum atomic E-state index is 14.2. The van der Waals surface area contributed by atoms with Crippen molar-refractivity contribution in [3.63, 3.8) is 0 Å². The third-order valence-corrected chi connectivity index (χ3v) is 9.68.